The number of anilines is 1. The van der Waals surface area contributed by atoms with Crippen LogP contribution < -0.4 is 10.6 Å². The predicted octanol–water partition coefficient (Wildman–Crippen LogP) is 2.43. The molecular formula is C11H15N3O3. The third kappa shape index (κ3) is 3.44. The largest absolute Gasteiger partial charge is 0.338 e. The molecule has 0 radical (unpaired) electrons. The summed E-state index contributed by atoms with van der Waals surface area (Å²) in [5.41, 5.74) is 0.898. The number of urea groups is 1. The zero-order valence-electron chi connectivity index (χ0n) is 9.82. The van der Waals surface area contributed by atoms with E-state index >= 15 is 0 Å². The van der Waals surface area contributed by atoms with Crippen LogP contribution in [0, 0.1) is 17.0 Å². The van der Waals surface area contributed by atoms with Gasteiger partial charge in [0.15, 0.2) is 0 Å². The number of hydrogen-bond donors (Lipinski definition) is 2. The van der Waals surface area contributed by atoms with Crippen LogP contribution in [0.15, 0.2) is 18.2 Å². The van der Waals surface area contributed by atoms with Gasteiger partial charge in [0.1, 0.15) is 0 Å². The summed E-state index contributed by atoms with van der Waals surface area (Å²) in [5, 5.41) is 15.9. The molecule has 0 aliphatic carbocycles. The van der Waals surface area contributed by atoms with Crippen LogP contribution in [0.1, 0.15) is 18.9 Å². The Hall–Kier alpha value is -2.11. The Kier molecular flexibility index (Phi) is 4.45. The first-order valence-corrected chi connectivity index (χ1v) is 5.35. The van der Waals surface area contributed by atoms with E-state index in [4.69, 9.17) is 0 Å². The molecule has 0 aromatic heterocycles. The van der Waals surface area contributed by atoms with Gasteiger partial charge in [0, 0.05) is 12.6 Å². The standard InChI is InChI=1S/C11H15N3O3/c1-3-7-12-11(15)13-9-5-4-6-10(8(9)2)14(16)17/h4-6H,3,7H2,1-2H3,(H2,12,13,15). The minimum Gasteiger partial charge on any atom is -0.338 e. The van der Waals surface area contributed by atoms with Crippen molar-refractivity contribution in [2.24, 2.45) is 0 Å². The van der Waals surface area contributed by atoms with E-state index in [1.165, 1.54) is 6.07 Å². The zero-order chi connectivity index (χ0) is 12.8. The monoisotopic (exact) mass is 237 g/mol. The van der Waals surface area contributed by atoms with Crippen molar-refractivity contribution in [1.29, 1.82) is 0 Å². The first-order valence-electron chi connectivity index (χ1n) is 5.35. The molecule has 0 atom stereocenters. The number of amides is 2. The van der Waals surface area contributed by atoms with Crippen molar-refractivity contribution in [3.8, 4) is 0 Å². The Morgan fingerprint density at radius 2 is 2.18 bits per heavy atom. The van der Waals surface area contributed by atoms with E-state index in [2.05, 4.69) is 10.6 Å². The van der Waals surface area contributed by atoms with Crippen molar-refractivity contribution in [1.82, 2.24) is 5.32 Å². The molecule has 0 fully saturated rings. The van der Waals surface area contributed by atoms with Gasteiger partial charge in [-0.3, -0.25) is 10.1 Å². The molecule has 1 rings (SSSR count). The molecule has 0 saturated heterocycles. The van der Waals surface area contributed by atoms with Crippen LogP contribution in [-0.2, 0) is 0 Å². The molecule has 2 N–H and O–H groups in total. The molecular weight excluding hydrogens is 222 g/mol. The fourth-order valence-electron chi connectivity index (χ4n) is 1.36. The summed E-state index contributed by atoms with van der Waals surface area (Å²) in [6.07, 6.45) is 0.835. The molecule has 2 amide bonds. The maximum absolute atomic E-state index is 11.4. The maximum atomic E-state index is 11.4. The van der Waals surface area contributed by atoms with Gasteiger partial charge in [-0.1, -0.05) is 13.0 Å². The van der Waals surface area contributed by atoms with Crippen molar-refractivity contribution in [2.45, 2.75) is 20.3 Å². The average Bonchev–Trinajstić information content (AvgIpc) is 2.28. The van der Waals surface area contributed by atoms with E-state index < -0.39 is 4.92 Å². The number of carbonyl (C=O) groups excluding carboxylic acids is 1. The van der Waals surface area contributed by atoms with Gasteiger partial charge in [0.2, 0.25) is 0 Å². The molecule has 0 bridgehead atoms. The summed E-state index contributed by atoms with van der Waals surface area (Å²) in [5.74, 6) is 0. The topological polar surface area (TPSA) is 84.3 Å². The second kappa shape index (κ2) is 5.83. The molecule has 6 heteroatoms. The number of nitrogens with one attached hydrogen (secondary N) is 2. The summed E-state index contributed by atoms with van der Waals surface area (Å²) in [6, 6.07) is 4.23. The van der Waals surface area contributed by atoms with Crippen molar-refractivity contribution >= 4 is 17.4 Å². The average molecular weight is 237 g/mol. The van der Waals surface area contributed by atoms with Crippen LogP contribution in [-0.4, -0.2) is 17.5 Å². The lowest BCUT2D eigenvalue weighted by molar-refractivity contribution is -0.385. The van der Waals surface area contributed by atoms with E-state index in [0.29, 0.717) is 17.8 Å². The second-order valence-corrected chi connectivity index (χ2v) is 3.59. The van der Waals surface area contributed by atoms with Gasteiger partial charge in [0.25, 0.3) is 5.69 Å². The lowest BCUT2D eigenvalue weighted by Crippen LogP contribution is -2.29. The number of nitro benzene ring substituents is 1. The normalized spacial score (nSPS) is 9.76. The lowest BCUT2D eigenvalue weighted by atomic mass is 10.1. The smallest absolute Gasteiger partial charge is 0.319 e. The van der Waals surface area contributed by atoms with E-state index in [0.717, 1.165) is 6.42 Å². The van der Waals surface area contributed by atoms with E-state index in [1.54, 1.807) is 19.1 Å². The van der Waals surface area contributed by atoms with Gasteiger partial charge in [-0.15, -0.1) is 0 Å². The van der Waals surface area contributed by atoms with Gasteiger partial charge in [-0.05, 0) is 19.4 Å². The van der Waals surface area contributed by atoms with Crippen molar-refractivity contribution in [2.75, 3.05) is 11.9 Å². The maximum Gasteiger partial charge on any atom is 0.319 e. The van der Waals surface area contributed by atoms with Crippen LogP contribution in [0.3, 0.4) is 0 Å². The third-order valence-electron chi connectivity index (χ3n) is 2.29. The Morgan fingerprint density at radius 1 is 1.47 bits per heavy atom. The highest BCUT2D eigenvalue weighted by Crippen LogP contribution is 2.24. The Morgan fingerprint density at radius 3 is 2.76 bits per heavy atom. The highest BCUT2D eigenvalue weighted by Gasteiger charge is 2.14. The van der Waals surface area contributed by atoms with Crippen LogP contribution in [0.5, 0.6) is 0 Å². The predicted molar refractivity (Wildman–Crippen MR) is 65.1 cm³/mol. The molecule has 0 aliphatic rings. The number of nitro groups is 1. The summed E-state index contributed by atoms with van der Waals surface area (Å²) in [6.45, 7) is 4.12. The first kappa shape index (κ1) is 13.0. The first-order chi connectivity index (χ1) is 8.06. The molecule has 0 spiro atoms. The minimum absolute atomic E-state index is 0.00158. The highest BCUT2D eigenvalue weighted by atomic mass is 16.6. The molecule has 0 aliphatic heterocycles. The van der Waals surface area contributed by atoms with Crippen molar-refractivity contribution in [3.63, 3.8) is 0 Å². The van der Waals surface area contributed by atoms with Crippen LogP contribution in [0.4, 0.5) is 16.2 Å². The van der Waals surface area contributed by atoms with Gasteiger partial charge in [-0.2, -0.15) is 0 Å². The highest BCUT2D eigenvalue weighted by molar-refractivity contribution is 5.90. The quantitative estimate of drug-likeness (QED) is 0.623. The van der Waals surface area contributed by atoms with Crippen molar-refractivity contribution in [3.05, 3.63) is 33.9 Å². The Balaban J connectivity index is 2.81. The summed E-state index contributed by atoms with van der Waals surface area (Å²) < 4.78 is 0. The summed E-state index contributed by atoms with van der Waals surface area (Å²) >= 11 is 0. The minimum atomic E-state index is -0.468. The van der Waals surface area contributed by atoms with Crippen LogP contribution >= 0.6 is 0 Å². The number of benzene rings is 1. The van der Waals surface area contributed by atoms with E-state index in [9.17, 15) is 14.9 Å². The SMILES string of the molecule is CCCNC(=O)Nc1cccc([N+](=O)[O-])c1C. The summed E-state index contributed by atoms with van der Waals surface area (Å²) in [7, 11) is 0. The van der Waals surface area contributed by atoms with E-state index in [-0.39, 0.29) is 11.7 Å². The fourth-order valence-corrected chi connectivity index (χ4v) is 1.36. The third-order valence-corrected chi connectivity index (χ3v) is 2.29. The van der Waals surface area contributed by atoms with Gasteiger partial charge in [0.05, 0.1) is 16.2 Å². The van der Waals surface area contributed by atoms with Crippen molar-refractivity contribution < 1.29 is 9.72 Å². The molecule has 1 aromatic carbocycles. The lowest BCUT2D eigenvalue weighted by Gasteiger charge is -2.09. The Labute approximate surface area is 99.2 Å². The zero-order valence-corrected chi connectivity index (χ0v) is 9.82. The fraction of sp³-hybridized carbons (Fsp3) is 0.364. The number of nitrogens with zero attached hydrogens (tertiary/aromatic N) is 1. The number of hydrogen-bond acceptors (Lipinski definition) is 3. The van der Waals surface area contributed by atoms with Gasteiger partial charge in [-0.25, -0.2) is 4.79 Å². The molecule has 1 aromatic rings. The van der Waals surface area contributed by atoms with Crippen LogP contribution in [0.2, 0.25) is 0 Å². The van der Waals surface area contributed by atoms with Crippen LogP contribution in [0.25, 0.3) is 0 Å². The van der Waals surface area contributed by atoms with Gasteiger partial charge < -0.3 is 10.6 Å². The second-order valence-electron chi connectivity index (χ2n) is 3.59. The molecule has 0 unspecified atom stereocenters. The molecule has 6 nitrogen and oxygen atoms in total. The molecule has 0 saturated carbocycles. The van der Waals surface area contributed by atoms with E-state index in [1.807, 2.05) is 6.92 Å². The number of rotatable bonds is 4. The van der Waals surface area contributed by atoms with Gasteiger partial charge >= 0.3 is 6.03 Å². The number of carbonyl (C=O) groups is 1. The molecule has 17 heavy (non-hydrogen) atoms. The molecule has 92 valence electrons. The molecule has 0 heterocycles. The summed E-state index contributed by atoms with van der Waals surface area (Å²) in [4.78, 5) is 21.7. The Bertz CT molecular complexity index is 432.